The molecule has 0 heterocycles. The highest BCUT2D eigenvalue weighted by Crippen LogP contribution is 2.09. The Bertz CT molecular complexity index is 295. The van der Waals surface area contributed by atoms with Crippen LogP contribution in [-0.4, -0.2) is 24.8 Å². The van der Waals surface area contributed by atoms with E-state index in [4.69, 9.17) is 5.11 Å². The highest BCUT2D eigenvalue weighted by molar-refractivity contribution is 5.88. The Hall–Kier alpha value is -1.55. The molecule has 4 nitrogen and oxygen atoms in total. The molecule has 1 rings (SSSR count). The molecule has 4 heteroatoms. The van der Waals surface area contributed by atoms with Crippen LogP contribution in [0.5, 0.6) is 0 Å². The fourth-order valence-corrected chi connectivity index (χ4v) is 1.08. The van der Waals surface area contributed by atoms with Crippen molar-refractivity contribution < 1.29 is 9.90 Å². The smallest absolute Gasteiger partial charge is 0.318 e. The van der Waals surface area contributed by atoms with Crippen LogP contribution in [0.15, 0.2) is 24.3 Å². The minimum absolute atomic E-state index is 0.141. The average Bonchev–Trinajstić information content (AvgIpc) is 2.21. The second-order valence-corrected chi connectivity index (χ2v) is 2.87. The van der Waals surface area contributed by atoms with Crippen LogP contribution in [0.1, 0.15) is 5.56 Å². The largest absolute Gasteiger partial charge is 0.396 e. The van der Waals surface area contributed by atoms with Gasteiger partial charge in [0.05, 0.1) is 0 Å². The fraction of sp³-hybridized carbons (Fsp3) is 0.300. The van der Waals surface area contributed by atoms with E-state index < -0.39 is 0 Å². The first-order valence-electron chi connectivity index (χ1n) is 4.45. The number of anilines is 1. The maximum atomic E-state index is 10.9. The predicted molar refractivity (Wildman–Crippen MR) is 55.3 cm³/mol. The summed E-state index contributed by atoms with van der Waals surface area (Å²) in [5.74, 6) is 0. The van der Waals surface area contributed by atoms with Gasteiger partial charge in [0.1, 0.15) is 0 Å². The van der Waals surface area contributed by atoms with E-state index in [1.807, 2.05) is 12.1 Å². The molecular weight excluding hydrogens is 180 g/mol. The molecule has 0 aliphatic heterocycles. The van der Waals surface area contributed by atoms with E-state index in [0.717, 1.165) is 11.3 Å². The number of aliphatic hydroxyl groups excluding tert-OH is 1. The van der Waals surface area contributed by atoms with Crippen LogP contribution in [0.4, 0.5) is 10.5 Å². The van der Waals surface area contributed by atoms with Crippen LogP contribution < -0.4 is 10.6 Å². The first kappa shape index (κ1) is 10.5. The number of aliphatic hydroxyl groups is 1. The molecule has 0 saturated heterocycles. The summed E-state index contributed by atoms with van der Waals surface area (Å²) in [6.45, 7) is 0.141. The quantitative estimate of drug-likeness (QED) is 0.671. The lowest BCUT2D eigenvalue weighted by atomic mass is 10.1. The number of hydrogen-bond acceptors (Lipinski definition) is 2. The number of carbonyl (C=O) groups is 1. The van der Waals surface area contributed by atoms with Gasteiger partial charge < -0.3 is 15.7 Å². The van der Waals surface area contributed by atoms with Gasteiger partial charge in [0.15, 0.2) is 0 Å². The highest BCUT2D eigenvalue weighted by Gasteiger charge is 1.97. The van der Waals surface area contributed by atoms with Gasteiger partial charge in [-0.1, -0.05) is 12.1 Å². The minimum Gasteiger partial charge on any atom is -0.396 e. The van der Waals surface area contributed by atoms with Crippen molar-refractivity contribution in [2.75, 3.05) is 19.0 Å². The minimum atomic E-state index is -0.236. The lowest BCUT2D eigenvalue weighted by molar-refractivity contribution is 0.254. The molecule has 0 atom stereocenters. The van der Waals surface area contributed by atoms with Crippen LogP contribution >= 0.6 is 0 Å². The Morgan fingerprint density at radius 1 is 1.36 bits per heavy atom. The summed E-state index contributed by atoms with van der Waals surface area (Å²) in [5, 5.41) is 13.8. The number of nitrogens with one attached hydrogen (secondary N) is 2. The maximum absolute atomic E-state index is 10.9. The second kappa shape index (κ2) is 5.24. The van der Waals surface area contributed by atoms with Gasteiger partial charge in [-0.05, 0) is 24.1 Å². The van der Waals surface area contributed by atoms with Crippen LogP contribution in [0.25, 0.3) is 0 Å². The molecule has 0 radical (unpaired) electrons. The summed E-state index contributed by atoms with van der Waals surface area (Å²) < 4.78 is 0. The van der Waals surface area contributed by atoms with Crippen molar-refractivity contribution >= 4 is 11.7 Å². The Morgan fingerprint density at radius 2 is 2.00 bits per heavy atom. The summed E-state index contributed by atoms with van der Waals surface area (Å²) in [4.78, 5) is 10.9. The zero-order valence-corrected chi connectivity index (χ0v) is 8.08. The van der Waals surface area contributed by atoms with E-state index in [1.54, 1.807) is 19.2 Å². The van der Waals surface area contributed by atoms with Gasteiger partial charge in [-0.15, -0.1) is 0 Å². The molecule has 0 spiro atoms. The molecule has 2 amide bonds. The van der Waals surface area contributed by atoms with Gasteiger partial charge in [0.25, 0.3) is 0 Å². The fourth-order valence-electron chi connectivity index (χ4n) is 1.08. The van der Waals surface area contributed by atoms with Crippen molar-refractivity contribution in [3.8, 4) is 0 Å². The third-order valence-corrected chi connectivity index (χ3v) is 1.84. The van der Waals surface area contributed by atoms with Crippen molar-refractivity contribution in [3.63, 3.8) is 0 Å². The van der Waals surface area contributed by atoms with Gasteiger partial charge in [-0.25, -0.2) is 4.79 Å². The molecule has 0 saturated carbocycles. The molecule has 0 aliphatic carbocycles. The molecule has 0 bridgehead atoms. The number of hydrogen-bond donors (Lipinski definition) is 3. The number of amides is 2. The zero-order valence-electron chi connectivity index (χ0n) is 8.08. The monoisotopic (exact) mass is 194 g/mol. The number of carbonyl (C=O) groups excluding carboxylic acids is 1. The van der Waals surface area contributed by atoms with Crippen LogP contribution in [-0.2, 0) is 6.42 Å². The summed E-state index contributed by atoms with van der Waals surface area (Å²) in [6, 6.07) is 7.13. The number of rotatable bonds is 3. The van der Waals surface area contributed by atoms with Gasteiger partial charge in [0.2, 0.25) is 0 Å². The third kappa shape index (κ3) is 3.06. The van der Waals surface area contributed by atoms with Crippen molar-refractivity contribution in [1.82, 2.24) is 5.32 Å². The Morgan fingerprint density at radius 3 is 2.50 bits per heavy atom. The molecule has 14 heavy (non-hydrogen) atoms. The van der Waals surface area contributed by atoms with Gasteiger partial charge in [0, 0.05) is 19.3 Å². The van der Waals surface area contributed by atoms with Crippen LogP contribution in [0.3, 0.4) is 0 Å². The molecule has 3 N–H and O–H groups in total. The lowest BCUT2D eigenvalue weighted by Gasteiger charge is -2.04. The van der Waals surface area contributed by atoms with Gasteiger partial charge in [-0.2, -0.15) is 0 Å². The van der Waals surface area contributed by atoms with Crippen molar-refractivity contribution in [3.05, 3.63) is 29.8 Å². The molecule has 76 valence electrons. The van der Waals surface area contributed by atoms with Gasteiger partial charge >= 0.3 is 6.03 Å². The maximum Gasteiger partial charge on any atom is 0.318 e. The van der Waals surface area contributed by atoms with E-state index in [2.05, 4.69) is 10.6 Å². The molecule has 1 aromatic carbocycles. The molecule has 0 aromatic heterocycles. The normalized spacial score (nSPS) is 9.57. The highest BCUT2D eigenvalue weighted by atomic mass is 16.2. The molecular formula is C10H14N2O2. The summed E-state index contributed by atoms with van der Waals surface area (Å²) >= 11 is 0. The lowest BCUT2D eigenvalue weighted by Crippen LogP contribution is -2.24. The van der Waals surface area contributed by atoms with Crippen molar-refractivity contribution in [2.45, 2.75) is 6.42 Å². The van der Waals surface area contributed by atoms with Crippen molar-refractivity contribution in [2.24, 2.45) is 0 Å². The average molecular weight is 194 g/mol. The summed E-state index contributed by atoms with van der Waals surface area (Å²) in [7, 11) is 1.56. The molecule has 1 aromatic rings. The SMILES string of the molecule is CNC(=O)Nc1ccc(CCO)cc1. The summed E-state index contributed by atoms with van der Waals surface area (Å²) in [5.41, 5.74) is 1.79. The first-order valence-corrected chi connectivity index (χ1v) is 4.45. The standard InChI is InChI=1S/C10H14N2O2/c1-11-10(14)12-9-4-2-8(3-5-9)6-7-13/h2-5,13H,6-7H2,1H3,(H2,11,12,14). The van der Waals surface area contributed by atoms with Gasteiger partial charge in [-0.3, -0.25) is 0 Å². The first-order chi connectivity index (χ1) is 6.76. The Kier molecular flexibility index (Phi) is 3.94. The van der Waals surface area contributed by atoms with E-state index in [1.165, 1.54) is 0 Å². The molecule has 0 fully saturated rings. The van der Waals surface area contributed by atoms with Crippen LogP contribution in [0, 0.1) is 0 Å². The molecule has 0 aliphatic rings. The van der Waals surface area contributed by atoms with E-state index in [0.29, 0.717) is 6.42 Å². The van der Waals surface area contributed by atoms with E-state index in [-0.39, 0.29) is 12.6 Å². The summed E-state index contributed by atoms with van der Waals surface area (Å²) in [6.07, 6.45) is 0.639. The topological polar surface area (TPSA) is 61.4 Å². The van der Waals surface area contributed by atoms with E-state index >= 15 is 0 Å². The predicted octanol–water partition coefficient (Wildman–Crippen LogP) is 0.973. The Labute approximate surface area is 82.9 Å². The third-order valence-electron chi connectivity index (χ3n) is 1.84. The van der Waals surface area contributed by atoms with E-state index in [9.17, 15) is 4.79 Å². The number of urea groups is 1. The van der Waals surface area contributed by atoms with Crippen molar-refractivity contribution in [1.29, 1.82) is 0 Å². The number of benzene rings is 1. The van der Waals surface area contributed by atoms with Crippen LogP contribution in [0.2, 0.25) is 0 Å². The molecule has 0 unspecified atom stereocenters. The zero-order chi connectivity index (χ0) is 10.4. The second-order valence-electron chi connectivity index (χ2n) is 2.87. The Balaban J connectivity index is 2.59.